The van der Waals surface area contributed by atoms with E-state index in [9.17, 15) is 14.9 Å². The van der Waals surface area contributed by atoms with Crippen LogP contribution in [-0.2, 0) is 11.3 Å². The number of aryl methyl sites for hydroxylation is 1. The van der Waals surface area contributed by atoms with E-state index in [0.717, 1.165) is 0 Å². The van der Waals surface area contributed by atoms with Gasteiger partial charge in [-0.05, 0) is 19.0 Å². The van der Waals surface area contributed by atoms with E-state index in [0.29, 0.717) is 5.82 Å². The third-order valence-corrected chi connectivity index (χ3v) is 2.00. The Morgan fingerprint density at radius 1 is 1.58 bits per heavy atom. The second-order valence-electron chi connectivity index (χ2n) is 3.93. The minimum Gasteiger partial charge on any atom is -0.480 e. The van der Waals surface area contributed by atoms with Crippen molar-refractivity contribution < 1.29 is 19.9 Å². The lowest BCUT2D eigenvalue weighted by atomic mass is 10.6. The molecule has 108 valence electrons. The Morgan fingerprint density at radius 2 is 2.16 bits per heavy atom. The first-order valence-electron chi connectivity index (χ1n) is 5.43. The molecular formula is C10H18N4O5. The smallest absolute Gasteiger partial charge is 0.342 e. The number of hydrogen-bond acceptors (Lipinski definition) is 6. The molecular weight excluding hydrogens is 256 g/mol. The zero-order chi connectivity index (χ0) is 15.0. The van der Waals surface area contributed by atoms with Crippen LogP contribution in [0, 0.1) is 17.0 Å². The number of carboxylic acid groups (broad SMARTS) is 1. The van der Waals surface area contributed by atoms with Gasteiger partial charge in [-0.25, -0.2) is 9.55 Å². The quantitative estimate of drug-likeness (QED) is 0.559. The number of nitro groups is 1. The number of aliphatic hydroxyl groups excluding tert-OH is 1. The number of carbonyl (C=O) groups is 1. The fourth-order valence-electron chi connectivity index (χ4n) is 1.25. The van der Waals surface area contributed by atoms with Crippen molar-refractivity contribution in [2.75, 3.05) is 27.2 Å². The molecule has 0 aliphatic rings. The zero-order valence-electron chi connectivity index (χ0n) is 11.1. The van der Waals surface area contributed by atoms with Gasteiger partial charge in [-0.2, -0.15) is 0 Å². The summed E-state index contributed by atoms with van der Waals surface area (Å²) in [4.78, 5) is 25.0. The molecule has 0 aliphatic carbocycles. The Kier molecular flexibility index (Phi) is 7.30. The summed E-state index contributed by atoms with van der Waals surface area (Å²) >= 11 is 0. The summed E-state index contributed by atoms with van der Waals surface area (Å²) < 4.78 is 1.36. The summed E-state index contributed by atoms with van der Waals surface area (Å²) in [5, 5.41) is 27.0. The van der Waals surface area contributed by atoms with Crippen LogP contribution < -0.4 is 0 Å². The minimum absolute atomic E-state index is 0.0819. The highest BCUT2D eigenvalue weighted by atomic mass is 16.6. The summed E-state index contributed by atoms with van der Waals surface area (Å²) in [6, 6.07) is 0. The Labute approximate surface area is 110 Å². The topological polar surface area (TPSA) is 122 Å². The van der Waals surface area contributed by atoms with Crippen LogP contribution in [0.4, 0.5) is 5.82 Å². The van der Waals surface area contributed by atoms with Gasteiger partial charge < -0.3 is 20.3 Å². The van der Waals surface area contributed by atoms with Crippen molar-refractivity contribution in [3.05, 3.63) is 22.1 Å². The summed E-state index contributed by atoms with van der Waals surface area (Å²) in [5.41, 5.74) is 0. The van der Waals surface area contributed by atoms with Crippen molar-refractivity contribution in [3.63, 3.8) is 0 Å². The molecule has 9 nitrogen and oxygen atoms in total. The molecule has 1 aromatic rings. The Bertz CT molecular complexity index is 430. The molecule has 0 bridgehead atoms. The number of rotatable bonds is 5. The number of aromatic nitrogens is 2. The van der Waals surface area contributed by atoms with Gasteiger partial charge in [-0.3, -0.25) is 9.69 Å². The average molecular weight is 274 g/mol. The van der Waals surface area contributed by atoms with Crippen LogP contribution >= 0.6 is 0 Å². The van der Waals surface area contributed by atoms with Gasteiger partial charge in [0.1, 0.15) is 12.7 Å². The van der Waals surface area contributed by atoms with E-state index >= 15 is 0 Å². The first kappa shape index (κ1) is 17.0. The lowest BCUT2D eigenvalue weighted by Crippen LogP contribution is -2.20. The van der Waals surface area contributed by atoms with E-state index in [1.54, 1.807) is 25.9 Å². The molecule has 0 aliphatic heterocycles. The van der Waals surface area contributed by atoms with Crippen LogP contribution in [0.2, 0.25) is 0 Å². The number of nitrogens with zero attached hydrogens (tertiary/aromatic N) is 4. The molecule has 0 aromatic carbocycles. The van der Waals surface area contributed by atoms with Gasteiger partial charge in [-0.1, -0.05) is 0 Å². The Morgan fingerprint density at radius 3 is 2.47 bits per heavy atom. The molecule has 0 radical (unpaired) electrons. The van der Waals surface area contributed by atoms with Crippen molar-refractivity contribution in [3.8, 4) is 0 Å². The number of hydrogen-bond donors (Lipinski definition) is 2. The molecule has 19 heavy (non-hydrogen) atoms. The summed E-state index contributed by atoms with van der Waals surface area (Å²) in [5.74, 6) is -0.331. The molecule has 1 aromatic heterocycles. The lowest BCUT2D eigenvalue weighted by Gasteiger charge is -2.01. The van der Waals surface area contributed by atoms with Gasteiger partial charge in [0, 0.05) is 6.92 Å². The number of aliphatic carboxylic acids is 1. The van der Waals surface area contributed by atoms with Crippen molar-refractivity contribution in [1.29, 1.82) is 0 Å². The van der Waals surface area contributed by atoms with Gasteiger partial charge in [0.25, 0.3) is 0 Å². The molecule has 1 heterocycles. The van der Waals surface area contributed by atoms with Crippen LogP contribution in [-0.4, -0.2) is 62.8 Å². The molecule has 9 heteroatoms. The first-order valence-corrected chi connectivity index (χ1v) is 5.43. The highest BCUT2D eigenvalue weighted by Gasteiger charge is 2.15. The predicted molar refractivity (Wildman–Crippen MR) is 66.9 cm³/mol. The van der Waals surface area contributed by atoms with Crippen molar-refractivity contribution in [2.45, 2.75) is 13.5 Å². The molecule has 0 saturated carbocycles. The Hall–Kier alpha value is -2.00. The second-order valence-corrected chi connectivity index (χ2v) is 3.93. The van der Waals surface area contributed by atoms with E-state index in [-0.39, 0.29) is 25.5 Å². The van der Waals surface area contributed by atoms with Gasteiger partial charge in [0.2, 0.25) is 0 Å². The van der Waals surface area contributed by atoms with Crippen LogP contribution in [0.1, 0.15) is 5.82 Å². The molecule has 0 saturated heterocycles. The molecule has 0 fully saturated rings. The first-order chi connectivity index (χ1) is 8.79. The lowest BCUT2D eigenvalue weighted by molar-refractivity contribution is -0.392. The molecule has 2 N–H and O–H groups in total. The second kappa shape index (κ2) is 8.16. The van der Waals surface area contributed by atoms with E-state index in [1.807, 2.05) is 0 Å². The third kappa shape index (κ3) is 6.48. The van der Waals surface area contributed by atoms with E-state index in [4.69, 9.17) is 10.2 Å². The number of imidazole rings is 1. The molecule has 0 amide bonds. The normalized spacial score (nSPS) is 9.95. The maximum Gasteiger partial charge on any atom is 0.342 e. The van der Waals surface area contributed by atoms with Gasteiger partial charge in [0.15, 0.2) is 5.82 Å². The van der Waals surface area contributed by atoms with Gasteiger partial charge in [-0.15, -0.1) is 0 Å². The molecule has 0 spiro atoms. The minimum atomic E-state index is -0.787. The summed E-state index contributed by atoms with van der Waals surface area (Å²) in [6.45, 7) is 1.85. The zero-order valence-corrected chi connectivity index (χ0v) is 11.1. The maximum atomic E-state index is 10.4. The average Bonchev–Trinajstić information content (AvgIpc) is 2.60. The predicted octanol–water partition coefficient (Wildman–Crippen LogP) is -0.275. The maximum absolute atomic E-state index is 10.4. The summed E-state index contributed by atoms with van der Waals surface area (Å²) in [7, 11) is 3.43. The standard InChI is InChI=1S/C6H9N3O3.C4H9NO2/c1-5-7-4-6(9(11)12)8(5)2-3-10;1-5(2)3-4(6)7/h4,10H,2-3H2,1H3;3H2,1-2H3,(H,6,7). The van der Waals surface area contributed by atoms with Gasteiger partial charge >= 0.3 is 11.8 Å². The Balaban J connectivity index is 0.000000399. The summed E-state index contributed by atoms with van der Waals surface area (Å²) in [6.07, 6.45) is 1.19. The largest absolute Gasteiger partial charge is 0.480 e. The van der Waals surface area contributed by atoms with Crippen LogP contribution in [0.25, 0.3) is 0 Å². The molecule has 1 rings (SSSR count). The third-order valence-electron chi connectivity index (χ3n) is 2.00. The van der Waals surface area contributed by atoms with Gasteiger partial charge in [0.05, 0.1) is 13.2 Å². The SMILES string of the molecule is CN(C)CC(=O)O.Cc1ncc([N+](=O)[O-])n1CCO. The van der Waals surface area contributed by atoms with E-state index in [2.05, 4.69) is 4.98 Å². The fourth-order valence-corrected chi connectivity index (χ4v) is 1.25. The van der Waals surface area contributed by atoms with E-state index < -0.39 is 10.9 Å². The monoisotopic (exact) mass is 274 g/mol. The fraction of sp³-hybridized carbons (Fsp3) is 0.600. The number of carboxylic acids is 1. The van der Waals surface area contributed by atoms with E-state index in [1.165, 1.54) is 10.8 Å². The highest BCUT2D eigenvalue weighted by Crippen LogP contribution is 2.12. The van der Waals surface area contributed by atoms with Crippen LogP contribution in [0.3, 0.4) is 0 Å². The molecule has 0 atom stereocenters. The number of aliphatic hydroxyl groups is 1. The van der Waals surface area contributed by atoms with Crippen molar-refractivity contribution >= 4 is 11.8 Å². The van der Waals surface area contributed by atoms with Crippen molar-refractivity contribution in [2.24, 2.45) is 0 Å². The van der Waals surface area contributed by atoms with Crippen LogP contribution in [0.5, 0.6) is 0 Å². The number of likely N-dealkylation sites (N-methyl/N-ethyl adjacent to an activating group) is 1. The highest BCUT2D eigenvalue weighted by molar-refractivity contribution is 5.68. The van der Waals surface area contributed by atoms with Crippen molar-refractivity contribution in [1.82, 2.24) is 14.5 Å². The van der Waals surface area contributed by atoms with Crippen LogP contribution in [0.15, 0.2) is 6.20 Å². The molecule has 0 unspecified atom stereocenters.